The van der Waals surface area contributed by atoms with Gasteiger partial charge in [0.2, 0.25) is 5.91 Å². The highest BCUT2D eigenvalue weighted by molar-refractivity contribution is 5.82. The van der Waals surface area contributed by atoms with Crippen molar-refractivity contribution in [2.75, 3.05) is 19.6 Å². The normalized spacial score (nSPS) is 24.5. The second-order valence-electron chi connectivity index (χ2n) is 8.62. The van der Waals surface area contributed by atoms with Crippen LogP contribution in [0, 0.1) is 11.7 Å². The molecule has 0 unspecified atom stereocenters. The average molecular weight is 387 g/mol. The van der Waals surface area contributed by atoms with Crippen LogP contribution in [-0.2, 0) is 4.79 Å². The minimum absolute atomic E-state index is 0.0974. The number of halogens is 1. The number of likely N-dealkylation sites (tertiary alicyclic amines) is 1. The number of piperidine rings is 1. The highest BCUT2D eigenvalue weighted by Crippen LogP contribution is 2.35. The standard InChI is InChI=1S/C23H31FN2O2/c1-16(27)25-19-4-2-17(3-5-19)8-12-26-13-9-18(10-14-26)20-6-7-22(24)23-21(20)11-15-28-23/h6-7,11,15,17-19H,2-5,8-10,12-14H2,1H3,(H,25,27). The Morgan fingerprint density at radius 1 is 1.14 bits per heavy atom. The van der Waals surface area contributed by atoms with E-state index in [2.05, 4.69) is 10.2 Å². The molecule has 1 saturated heterocycles. The Hall–Kier alpha value is -1.88. The van der Waals surface area contributed by atoms with Gasteiger partial charge >= 0.3 is 0 Å². The third-order valence-corrected chi connectivity index (χ3v) is 6.74. The Kier molecular flexibility index (Phi) is 6.00. The first-order valence-corrected chi connectivity index (χ1v) is 10.7. The molecule has 28 heavy (non-hydrogen) atoms. The molecule has 0 spiro atoms. The topological polar surface area (TPSA) is 45.5 Å². The molecule has 4 rings (SSSR count). The number of furan rings is 1. The van der Waals surface area contributed by atoms with Gasteiger partial charge in [-0.25, -0.2) is 4.39 Å². The van der Waals surface area contributed by atoms with Crippen molar-refractivity contribution in [1.29, 1.82) is 0 Å². The zero-order valence-electron chi connectivity index (χ0n) is 16.8. The van der Waals surface area contributed by atoms with Gasteiger partial charge in [0.1, 0.15) is 0 Å². The molecule has 0 radical (unpaired) electrons. The number of rotatable bonds is 5. The maximum absolute atomic E-state index is 13.9. The van der Waals surface area contributed by atoms with Crippen LogP contribution in [0.4, 0.5) is 4.39 Å². The summed E-state index contributed by atoms with van der Waals surface area (Å²) in [6, 6.07) is 5.78. The lowest BCUT2D eigenvalue weighted by Crippen LogP contribution is -2.37. The number of hydrogen-bond acceptors (Lipinski definition) is 3. The average Bonchev–Trinajstić information content (AvgIpc) is 3.19. The Morgan fingerprint density at radius 3 is 2.61 bits per heavy atom. The smallest absolute Gasteiger partial charge is 0.217 e. The molecule has 1 aliphatic carbocycles. The number of nitrogens with zero attached hydrogens (tertiary/aromatic N) is 1. The Labute approximate surface area is 166 Å². The maximum atomic E-state index is 13.9. The van der Waals surface area contributed by atoms with E-state index in [4.69, 9.17) is 4.42 Å². The van der Waals surface area contributed by atoms with Gasteiger partial charge in [-0.05, 0) is 94.1 Å². The fraction of sp³-hybridized carbons (Fsp3) is 0.609. The van der Waals surface area contributed by atoms with Crippen molar-refractivity contribution >= 4 is 16.9 Å². The first kappa shape index (κ1) is 19.4. The lowest BCUT2D eigenvalue weighted by Gasteiger charge is -2.34. The monoisotopic (exact) mass is 386 g/mol. The Balaban J connectivity index is 1.23. The van der Waals surface area contributed by atoms with Crippen molar-refractivity contribution in [3.8, 4) is 0 Å². The number of carbonyl (C=O) groups excluding carboxylic acids is 1. The number of fused-ring (bicyclic) bond motifs is 1. The van der Waals surface area contributed by atoms with E-state index in [1.54, 1.807) is 19.3 Å². The lowest BCUT2D eigenvalue weighted by molar-refractivity contribution is -0.119. The highest BCUT2D eigenvalue weighted by Gasteiger charge is 2.25. The molecule has 2 fully saturated rings. The van der Waals surface area contributed by atoms with E-state index in [9.17, 15) is 9.18 Å². The van der Waals surface area contributed by atoms with Gasteiger partial charge in [-0.3, -0.25) is 4.79 Å². The van der Waals surface area contributed by atoms with E-state index in [1.165, 1.54) is 31.4 Å². The number of nitrogens with one attached hydrogen (secondary N) is 1. The summed E-state index contributed by atoms with van der Waals surface area (Å²) in [4.78, 5) is 13.8. The molecular formula is C23H31FN2O2. The third kappa shape index (κ3) is 4.40. The predicted molar refractivity (Wildman–Crippen MR) is 109 cm³/mol. The second-order valence-corrected chi connectivity index (χ2v) is 8.62. The third-order valence-electron chi connectivity index (χ3n) is 6.74. The molecule has 1 amide bonds. The van der Waals surface area contributed by atoms with Crippen molar-refractivity contribution in [3.63, 3.8) is 0 Å². The van der Waals surface area contributed by atoms with E-state index in [0.717, 1.165) is 50.1 Å². The molecule has 2 heterocycles. The highest BCUT2D eigenvalue weighted by atomic mass is 19.1. The molecule has 1 aromatic carbocycles. The maximum Gasteiger partial charge on any atom is 0.217 e. The van der Waals surface area contributed by atoms with Crippen LogP contribution in [0.3, 0.4) is 0 Å². The number of amides is 1. The molecule has 5 heteroatoms. The molecule has 4 nitrogen and oxygen atoms in total. The number of carbonyl (C=O) groups is 1. The van der Waals surface area contributed by atoms with E-state index < -0.39 is 0 Å². The molecule has 0 atom stereocenters. The van der Waals surface area contributed by atoms with Crippen LogP contribution in [-0.4, -0.2) is 36.5 Å². The Morgan fingerprint density at radius 2 is 1.89 bits per heavy atom. The SMILES string of the molecule is CC(=O)NC1CCC(CCN2CCC(c3ccc(F)c4occc34)CC2)CC1. The minimum Gasteiger partial charge on any atom is -0.461 e. The molecule has 152 valence electrons. The molecule has 1 N–H and O–H groups in total. The fourth-order valence-electron chi connectivity index (χ4n) is 5.12. The van der Waals surface area contributed by atoms with Crippen molar-refractivity contribution in [2.24, 2.45) is 5.92 Å². The first-order chi connectivity index (χ1) is 13.6. The number of benzene rings is 1. The van der Waals surface area contributed by atoms with Crippen LogP contribution < -0.4 is 5.32 Å². The van der Waals surface area contributed by atoms with Gasteiger partial charge in [-0.15, -0.1) is 0 Å². The summed E-state index contributed by atoms with van der Waals surface area (Å²) >= 11 is 0. The van der Waals surface area contributed by atoms with E-state index in [1.807, 2.05) is 12.1 Å². The van der Waals surface area contributed by atoms with Gasteiger partial charge in [-0.1, -0.05) is 6.07 Å². The van der Waals surface area contributed by atoms with E-state index in [0.29, 0.717) is 17.5 Å². The van der Waals surface area contributed by atoms with Crippen LogP contribution in [0.15, 0.2) is 28.9 Å². The summed E-state index contributed by atoms with van der Waals surface area (Å²) in [7, 11) is 0. The second kappa shape index (κ2) is 8.64. The van der Waals surface area contributed by atoms with Crippen LogP contribution in [0.5, 0.6) is 0 Å². The quantitative estimate of drug-likeness (QED) is 0.800. The lowest BCUT2D eigenvalue weighted by atomic mass is 9.83. The van der Waals surface area contributed by atoms with Crippen molar-refractivity contribution in [3.05, 3.63) is 35.8 Å². The summed E-state index contributed by atoms with van der Waals surface area (Å²) in [6.07, 6.45) is 9.81. The molecule has 2 aliphatic rings. The van der Waals surface area contributed by atoms with Crippen molar-refractivity contribution < 1.29 is 13.6 Å². The molecule has 1 aliphatic heterocycles. The molecular weight excluding hydrogens is 355 g/mol. The summed E-state index contributed by atoms with van der Waals surface area (Å²) in [5.74, 6) is 1.12. The first-order valence-electron chi connectivity index (χ1n) is 10.7. The zero-order valence-corrected chi connectivity index (χ0v) is 16.8. The van der Waals surface area contributed by atoms with E-state index in [-0.39, 0.29) is 11.7 Å². The summed E-state index contributed by atoms with van der Waals surface area (Å²) in [5, 5.41) is 4.00. The van der Waals surface area contributed by atoms with Gasteiger partial charge in [0.05, 0.1) is 6.26 Å². The summed E-state index contributed by atoms with van der Waals surface area (Å²) < 4.78 is 19.2. The van der Waals surface area contributed by atoms with Gasteiger partial charge in [0.15, 0.2) is 11.4 Å². The van der Waals surface area contributed by atoms with Gasteiger partial charge in [-0.2, -0.15) is 0 Å². The van der Waals surface area contributed by atoms with Crippen LogP contribution >= 0.6 is 0 Å². The van der Waals surface area contributed by atoms with Crippen LogP contribution in [0.25, 0.3) is 11.0 Å². The fourth-order valence-corrected chi connectivity index (χ4v) is 5.12. The van der Waals surface area contributed by atoms with Crippen LogP contribution in [0.1, 0.15) is 63.4 Å². The molecule has 1 saturated carbocycles. The van der Waals surface area contributed by atoms with Crippen LogP contribution in [0.2, 0.25) is 0 Å². The molecule has 0 bridgehead atoms. The minimum atomic E-state index is -0.269. The van der Waals surface area contributed by atoms with Gasteiger partial charge in [0, 0.05) is 18.4 Å². The van der Waals surface area contributed by atoms with Crippen molar-refractivity contribution in [2.45, 2.75) is 63.8 Å². The number of hydrogen-bond donors (Lipinski definition) is 1. The molecule has 1 aromatic heterocycles. The van der Waals surface area contributed by atoms with Crippen molar-refractivity contribution in [1.82, 2.24) is 10.2 Å². The Bertz CT molecular complexity index is 802. The predicted octanol–water partition coefficient (Wildman–Crippen LogP) is 4.84. The summed E-state index contributed by atoms with van der Waals surface area (Å²) in [5.41, 5.74) is 1.64. The van der Waals surface area contributed by atoms with E-state index >= 15 is 0 Å². The van der Waals surface area contributed by atoms with Gasteiger partial charge in [0.25, 0.3) is 0 Å². The zero-order chi connectivity index (χ0) is 19.5. The largest absolute Gasteiger partial charge is 0.461 e. The summed E-state index contributed by atoms with van der Waals surface area (Å²) in [6.45, 7) is 5.01. The van der Waals surface area contributed by atoms with Gasteiger partial charge < -0.3 is 14.6 Å². The molecule has 2 aromatic rings.